The van der Waals surface area contributed by atoms with Crippen molar-refractivity contribution in [3.63, 3.8) is 0 Å². The minimum Gasteiger partial charge on any atom is -0.339 e. The Morgan fingerprint density at radius 3 is 2.86 bits per heavy atom. The first kappa shape index (κ1) is 14.7. The molecule has 2 aliphatic rings. The fourth-order valence-corrected chi connectivity index (χ4v) is 3.62. The summed E-state index contributed by atoms with van der Waals surface area (Å²) in [7, 11) is 0. The zero-order valence-electron chi connectivity index (χ0n) is 12.1. The van der Waals surface area contributed by atoms with Gasteiger partial charge in [0.25, 0.3) is 0 Å². The smallest absolute Gasteiger partial charge is 0.223 e. The highest BCUT2D eigenvalue weighted by molar-refractivity contribution is 8.93. The van der Waals surface area contributed by atoms with Crippen molar-refractivity contribution in [3.05, 3.63) is 29.8 Å². The minimum atomic E-state index is 0. The quantitative estimate of drug-likeness (QED) is 0.833. The summed E-state index contributed by atoms with van der Waals surface area (Å²) in [6.45, 7) is 5.47. The summed E-state index contributed by atoms with van der Waals surface area (Å²) in [6, 6.07) is 4.22. The van der Waals surface area contributed by atoms with Gasteiger partial charge < -0.3 is 9.42 Å². The number of piperidine rings is 1. The van der Waals surface area contributed by atoms with Crippen LogP contribution in [0.4, 0.5) is 0 Å². The zero-order valence-corrected chi connectivity index (χ0v) is 13.8. The number of fused-ring (bicyclic) bond motifs is 2. The number of nitrogens with zero attached hydrogens (tertiary/aromatic N) is 4. The predicted octanol–water partition coefficient (Wildman–Crippen LogP) is 2.76. The van der Waals surface area contributed by atoms with Crippen LogP contribution in [0.3, 0.4) is 0 Å². The third kappa shape index (κ3) is 2.51. The van der Waals surface area contributed by atoms with Crippen molar-refractivity contribution in [2.24, 2.45) is 0 Å². The molecule has 0 saturated carbocycles. The maximum Gasteiger partial charge on any atom is 0.223 e. The largest absolute Gasteiger partial charge is 0.339 e. The van der Waals surface area contributed by atoms with Gasteiger partial charge in [0.2, 0.25) is 11.7 Å². The predicted molar refractivity (Wildman–Crippen MR) is 84.6 cm³/mol. The molecular weight excluding hydrogens is 332 g/mol. The Labute approximate surface area is 134 Å². The van der Waals surface area contributed by atoms with E-state index >= 15 is 0 Å². The van der Waals surface area contributed by atoms with Crippen LogP contribution < -0.4 is 0 Å². The molecular formula is C15H19BrN4O. The Kier molecular flexibility index (Phi) is 3.84. The lowest BCUT2D eigenvalue weighted by Gasteiger charge is -2.34. The van der Waals surface area contributed by atoms with Gasteiger partial charge in [0, 0.05) is 25.1 Å². The van der Waals surface area contributed by atoms with Gasteiger partial charge in [0.05, 0.1) is 0 Å². The van der Waals surface area contributed by atoms with E-state index in [9.17, 15) is 0 Å². The number of aryl methyl sites for hydroxylation is 1. The van der Waals surface area contributed by atoms with Crippen LogP contribution in [0, 0.1) is 6.92 Å². The van der Waals surface area contributed by atoms with Crippen LogP contribution >= 0.6 is 17.0 Å². The monoisotopic (exact) mass is 350 g/mol. The van der Waals surface area contributed by atoms with Gasteiger partial charge in [-0.05, 0) is 44.0 Å². The van der Waals surface area contributed by atoms with Crippen LogP contribution in [-0.4, -0.2) is 39.7 Å². The van der Waals surface area contributed by atoms with Crippen molar-refractivity contribution in [2.75, 3.05) is 19.6 Å². The van der Waals surface area contributed by atoms with Gasteiger partial charge in [-0.1, -0.05) is 11.2 Å². The van der Waals surface area contributed by atoms with Crippen LogP contribution in [0.1, 0.15) is 30.7 Å². The highest BCUT2D eigenvalue weighted by Crippen LogP contribution is 2.41. The number of rotatable bonds is 2. The maximum absolute atomic E-state index is 5.01. The van der Waals surface area contributed by atoms with Crippen LogP contribution in [0.2, 0.25) is 0 Å². The second-order valence-corrected chi connectivity index (χ2v) is 5.98. The first-order valence-corrected chi connectivity index (χ1v) is 7.25. The van der Waals surface area contributed by atoms with Gasteiger partial charge in [-0.25, -0.2) is 0 Å². The molecule has 21 heavy (non-hydrogen) atoms. The SMILES string of the molecule is Br.Cc1nc(-c2ccc(C34CCCN(CC3)C4)cn2)no1. The maximum atomic E-state index is 5.01. The molecule has 2 unspecified atom stereocenters. The molecule has 2 saturated heterocycles. The Bertz CT molecular complexity index is 623. The summed E-state index contributed by atoms with van der Waals surface area (Å²) in [6.07, 6.45) is 5.85. The average Bonchev–Trinajstić information content (AvgIpc) is 3.04. The van der Waals surface area contributed by atoms with E-state index in [2.05, 4.69) is 26.1 Å². The summed E-state index contributed by atoms with van der Waals surface area (Å²) in [5, 5.41) is 3.92. The van der Waals surface area contributed by atoms with Gasteiger partial charge in [0.15, 0.2) is 0 Å². The third-order valence-electron chi connectivity index (χ3n) is 4.70. The fraction of sp³-hybridized carbons (Fsp3) is 0.533. The molecule has 0 radical (unpaired) electrons. The van der Waals surface area contributed by atoms with Gasteiger partial charge in [0.1, 0.15) is 5.69 Å². The third-order valence-corrected chi connectivity index (χ3v) is 4.70. The molecule has 4 rings (SSSR count). The van der Waals surface area contributed by atoms with E-state index in [1.54, 1.807) is 6.92 Å². The lowest BCUT2D eigenvalue weighted by molar-refractivity contribution is 0.243. The van der Waals surface area contributed by atoms with E-state index in [1.807, 2.05) is 12.3 Å². The molecule has 5 nitrogen and oxygen atoms in total. The van der Waals surface area contributed by atoms with Gasteiger partial charge in [-0.15, -0.1) is 17.0 Å². The van der Waals surface area contributed by atoms with E-state index in [4.69, 9.17) is 4.52 Å². The van der Waals surface area contributed by atoms with Gasteiger partial charge in [-0.3, -0.25) is 4.98 Å². The molecule has 2 fully saturated rings. The standard InChI is InChI=1S/C15H18N4O.BrH/c1-11-17-14(18-20-11)13-4-3-12(9-16-13)15-5-2-7-19(10-15)8-6-15;/h3-4,9H,2,5-8,10H2,1H3;1H. The molecule has 0 amide bonds. The Morgan fingerprint density at radius 1 is 1.24 bits per heavy atom. The topological polar surface area (TPSA) is 55.1 Å². The van der Waals surface area contributed by atoms with Gasteiger partial charge >= 0.3 is 0 Å². The highest BCUT2D eigenvalue weighted by Gasteiger charge is 2.42. The van der Waals surface area contributed by atoms with Crippen LogP contribution in [-0.2, 0) is 5.41 Å². The Hall–Kier alpha value is -1.27. The molecule has 0 aromatic carbocycles. The molecule has 4 heterocycles. The summed E-state index contributed by atoms with van der Waals surface area (Å²) in [5.41, 5.74) is 2.48. The van der Waals surface area contributed by atoms with Crippen LogP contribution in [0.25, 0.3) is 11.5 Å². The first-order chi connectivity index (χ1) is 9.75. The lowest BCUT2D eigenvalue weighted by atomic mass is 9.75. The summed E-state index contributed by atoms with van der Waals surface area (Å²) in [4.78, 5) is 11.3. The van der Waals surface area contributed by atoms with Crippen molar-refractivity contribution in [2.45, 2.75) is 31.6 Å². The summed E-state index contributed by atoms with van der Waals surface area (Å²) >= 11 is 0. The summed E-state index contributed by atoms with van der Waals surface area (Å²) < 4.78 is 5.01. The lowest BCUT2D eigenvalue weighted by Crippen LogP contribution is -2.36. The van der Waals surface area contributed by atoms with Crippen molar-refractivity contribution in [3.8, 4) is 11.5 Å². The number of hydrogen-bond acceptors (Lipinski definition) is 5. The van der Waals surface area contributed by atoms with E-state index in [0.29, 0.717) is 17.1 Å². The molecule has 2 bridgehead atoms. The minimum absolute atomic E-state index is 0. The molecule has 0 N–H and O–H groups in total. The van der Waals surface area contributed by atoms with Crippen molar-refractivity contribution in [1.82, 2.24) is 20.0 Å². The van der Waals surface area contributed by atoms with E-state index < -0.39 is 0 Å². The molecule has 2 atom stereocenters. The molecule has 0 spiro atoms. The van der Waals surface area contributed by atoms with Crippen molar-refractivity contribution < 1.29 is 4.52 Å². The van der Waals surface area contributed by atoms with Crippen molar-refractivity contribution >= 4 is 17.0 Å². The number of hydrogen-bond donors (Lipinski definition) is 0. The fourth-order valence-electron chi connectivity index (χ4n) is 3.62. The van der Waals surface area contributed by atoms with Crippen LogP contribution in [0.15, 0.2) is 22.9 Å². The molecule has 0 aliphatic carbocycles. The molecule has 6 heteroatoms. The second-order valence-electron chi connectivity index (χ2n) is 5.98. The van der Waals surface area contributed by atoms with E-state index in [0.717, 1.165) is 5.69 Å². The molecule has 2 aromatic rings. The van der Waals surface area contributed by atoms with Gasteiger partial charge in [-0.2, -0.15) is 4.98 Å². The number of halogens is 1. The number of aromatic nitrogens is 3. The molecule has 2 aliphatic heterocycles. The number of pyridine rings is 1. The first-order valence-electron chi connectivity index (χ1n) is 7.25. The van der Waals surface area contributed by atoms with E-state index in [-0.39, 0.29) is 17.0 Å². The Balaban J connectivity index is 0.00000132. The normalized spacial score (nSPS) is 27.4. The molecule has 2 aromatic heterocycles. The second kappa shape index (κ2) is 5.50. The average molecular weight is 351 g/mol. The van der Waals surface area contributed by atoms with E-state index in [1.165, 1.54) is 44.5 Å². The van der Waals surface area contributed by atoms with Crippen molar-refractivity contribution in [1.29, 1.82) is 0 Å². The highest BCUT2D eigenvalue weighted by atomic mass is 79.9. The Morgan fingerprint density at radius 2 is 2.14 bits per heavy atom. The molecule has 112 valence electrons. The van der Waals surface area contributed by atoms with Crippen LogP contribution in [0.5, 0.6) is 0 Å². The zero-order chi connectivity index (χ0) is 13.6. The summed E-state index contributed by atoms with van der Waals surface area (Å²) in [5.74, 6) is 1.14.